The first-order valence-corrected chi connectivity index (χ1v) is 10.8. The van der Waals surface area contributed by atoms with Crippen molar-refractivity contribution >= 4 is 11.6 Å². The van der Waals surface area contributed by atoms with Gasteiger partial charge in [-0.15, -0.1) is 0 Å². The average Bonchev–Trinajstić information content (AvgIpc) is 3.13. The van der Waals surface area contributed by atoms with Gasteiger partial charge in [-0.1, -0.05) is 32.0 Å². The summed E-state index contributed by atoms with van der Waals surface area (Å²) in [5.41, 5.74) is 4.93. The molecule has 0 saturated heterocycles. The maximum Gasteiger partial charge on any atom is 0.258 e. The Bertz CT molecular complexity index is 925. The fourth-order valence-electron chi connectivity index (χ4n) is 5.18. The molecule has 0 spiro atoms. The molecule has 0 fully saturated rings. The summed E-state index contributed by atoms with van der Waals surface area (Å²) in [5, 5.41) is 9.73. The fraction of sp³-hybridized carbons (Fsp3) is 0.440. The Labute approximate surface area is 173 Å². The number of rotatable bonds is 6. The largest absolute Gasteiger partial charge is 0.307 e. The molecule has 1 amide bonds. The van der Waals surface area contributed by atoms with Gasteiger partial charge < -0.3 is 9.80 Å². The molecular weight excluding hydrogens is 358 g/mol. The molecule has 0 N–H and O–H groups in total. The Morgan fingerprint density at radius 3 is 2.52 bits per heavy atom. The summed E-state index contributed by atoms with van der Waals surface area (Å²) in [7, 11) is 0. The molecule has 29 heavy (non-hydrogen) atoms. The first kappa shape index (κ1) is 19.7. The molecular formula is C25H29N3O. The standard InChI is InChI=1S/C25H29N3O/c1-3-12-27(13-4-2)21-14-20-17-28(25(29)18-8-6-5-7-9-18)23-11-10-19(16-26)22(15-21)24(20)23/h5-11,20-21H,3-4,12-15,17H2,1-2H3/t20-,21-/m1/s1. The van der Waals surface area contributed by atoms with Gasteiger partial charge in [-0.25, -0.2) is 0 Å². The van der Waals surface area contributed by atoms with Gasteiger partial charge in [-0.05, 0) is 74.2 Å². The Hall–Kier alpha value is -2.64. The first-order valence-electron chi connectivity index (χ1n) is 10.8. The van der Waals surface area contributed by atoms with Crippen molar-refractivity contribution in [3.05, 3.63) is 64.7 Å². The van der Waals surface area contributed by atoms with Gasteiger partial charge in [0.25, 0.3) is 5.91 Å². The smallest absolute Gasteiger partial charge is 0.258 e. The van der Waals surface area contributed by atoms with E-state index in [2.05, 4.69) is 24.8 Å². The van der Waals surface area contributed by atoms with Crippen LogP contribution in [0.5, 0.6) is 0 Å². The predicted molar refractivity (Wildman–Crippen MR) is 116 cm³/mol. The molecule has 150 valence electrons. The van der Waals surface area contributed by atoms with E-state index in [0.29, 0.717) is 18.5 Å². The monoisotopic (exact) mass is 387 g/mol. The van der Waals surface area contributed by atoms with Crippen molar-refractivity contribution in [2.75, 3.05) is 24.5 Å². The van der Waals surface area contributed by atoms with Crippen LogP contribution < -0.4 is 4.90 Å². The maximum absolute atomic E-state index is 13.2. The first-order chi connectivity index (χ1) is 14.2. The molecule has 4 nitrogen and oxygen atoms in total. The van der Waals surface area contributed by atoms with Gasteiger partial charge in [0.2, 0.25) is 0 Å². The van der Waals surface area contributed by atoms with Gasteiger partial charge in [0.05, 0.1) is 11.6 Å². The molecule has 2 aliphatic rings. The zero-order valence-electron chi connectivity index (χ0n) is 17.4. The summed E-state index contributed by atoms with van der Waals surface area (Å²) in [6.07, 6.45) is 4.25. The van der Waals surface area contributed by atoms with Gasteiger partial charge in [-0.3, -0.25) is 4.79 Å². The number of hydrogen-bond acceptors (Lipinski definition) is 3. The van der Waals surface area contributed by atoms with Crippen molar-refractivity contribution in [2.45, 2.75) is 51.5 Å². The number of nitriles is 1. The van der Waals surface area contributed by atoms with Crippen LogP contribution in [0.2, 0.25) is 0 Å². The van der Waals surface area contributed by atoms with E-state index in [-0.39, 0.29) is 5.91 Å². The van der Waals surface area contributed by atoms with E-state index in [9.17, 15) is 10.1 Å². The van der Waals surface area contributed by atoms with Crippen LogP contribution in [0.1, 0.15) is 66.1 Å². The van der Waals surface area contributed by atoms with Crippen LogP contribution in [-0.4, -0.2) is 36.5 Å². The summed E-state index contributed by atoms with van der Waals surface area (Å²) in [4.78, 5) is 17.8. The molecule has 1 aliphatic carbocycles. The van der Waals surface area contributed by atoms with Gasteiger partial charge in [-0.2, -0.15) is 5.26 Å². The number of amides is 1. The maximum atomic E-state index is 13.2. The molecule has 0 saturated carbocycles. The van der Waals surface area contributed by atoms with Crippen LogP contribution in [0.4, 0.5) is 5.69 Å². The van der Waals surface area contributed by atoms with Crippen molar-refractivity contribution in [1.29, 1.82) is 5.26 Å². The number of nitrogens with zero attached hydrogens (tertiary/aromatic N) is 3. The van der Waals surface area contributed by atoms with Crippen molar-refractivity contribution in [3.63, 3.8) is 0 Å². The van der Waals surface area contributed by atoms with Crippen molar-refractivity contribution in [3.8, 4) is 6.07 Å². The molecule has 0 unspecified atom stereocenters. The van der Waals surface area contributed by atoms with Crippen LogP contribution in [0, 0.1) is 11.3 Å². The Balaban J connectivity index is 1.70. The summed E-state index contributed by atoms with van der Waals surface area (Å²) in [5.74, 6) is 0.373. The van der Waals surface area contributed by atoms with E-state index in [1.807, 2.05) is 47.4 Å². The van der Waals surface area contributed by atoms with E-state index in [1.54, 1.807) is 0 Å². The normalized spacial score (nSPS) is 19.9. The fourth-order valence-corrected chi connectivity index (χ4v) is 5.18. The van der Waals surface area contributed by atoms with Crippen molar-refractivity contribution in [1.82, 2.24) is 4.90 Å². The molecule has 2 aromatic rings. The molecule has 1 aliphatic heterocycles. The minimum Gasteiger partial charge on any atom is -0.307 e. The predicted octanol–water partition coefficient (Wildman–Crippen LogP) is 4.74. The van der Waals surface area contributed by atoms with Gasteiger partial charge >= 0.3 is 0 Å². The summed E-state index contributed by atoms with van der Waals surface area (Å²) in [6.45, 7) is 7.36. The highest BCUT2D eigenvalue weighted by atomic mass is 16.2. The van der Waals surface area contributed by atoms with Crippen molar-refractivity contribution in [2.24, 2.45) is 0 Å². The van der Waals surface area contributed by atoms with Crippen LogP contribution in [0.3, 0.4) is 0 Å². The second-order valence-electron chi connectivity index (χ2n) is 8.24. The summed E-state index contributed by atoms with van der Waals surface area (Å²) < 4.78 is 0. The highest BCUT2D eigenvalue weighted by molar-refractivity contribution is 6.07. The minimum atomic E-state index is 0.0578. The molecule has 0 aromatic heterocycles. The third-order valence-corrected chi connectivity index (χ3v) is 6.36. The second kappa shape index (κ2) is 8.39. The third-order valence-electron chi connectivity index (χ3n) is 6.36. The Morgan fingerprint density at radius 1 is 1.14 bits per heavy atom. The molecule has 1 heterocycles. The number of anilines is 1. The number of carbonyl (C=O) groups is 1. The zero-order chi connectivity index (χ0) is 20.4. The zero-order valence-corrected chi connectivity index (χ0v) is 17.4. The van der Waals surface area contributed by atoms with E-state index >= 15 is 0 Å². The molecule has 0 radical (unpaired) electrons. The Kier molecular flexibility index (Phi) is 5.69. The van der Waals surface area contributed by atoms with E-state index in [4.69, 9.17) is 0 Å². The lowest BCUT2D eigenvalue weighted by atomic mass is 9.78. The lowest BCUT2D eigenvalue weighted by Crippen LogP contribution is -2.42. The number of benzene rings is 2. The average molecular weight is 388 g/mol. The molecule has 0 bridgehead atoms. The van der Waals surface area contributed by atoms with Crippen LogP contribution in [0.25, 0.3) is 0 Å². The molecule has 4 rings (SSSR count). The third kappa shape index (κ3) is 3.56. The van der Waals surface area contributed by atoms with Gasteiger partial charge in [0.1, 0.15) is 0 Å². The lowest BCUT2D eigenvalue weighted by Gasteiger charge is -2.37. The van der Waals surface area contributed by atoms with E-state index in [0.717, 1.165) is 55.6 Å². The molecule has 2 atom stereocenters. The highest BCUT2D eigenvalue weighted by Crippen LogP contribution is 2.47. The molecule has 4 heteroatoms. The SMILES string of the molecule is CCCN(CCC)[C@H]1Cc2c(C#N)ccc3c2[C@H](C1)CN3C(=O)c1ccccc1. The van der Waals surface area contributed by atoms with E-state index < -0.39 is 0 Å². The van der Waals surface area contributed by atoms with E-state index in [1.165, 1.54) is 11.1 Å². The Morgan fingerprint density at radius 2 is 1.86 bits per heavy atom. The highest BCUT2D eigenvalue weighted by Gasteiger charge is 2.41. The lowest BCUT2D eigenvalue weighted by molar-refractivity contribution is 0.0986. The summed E-state index contributed by atoms with van der Waals surface area (Å²) in [6, 6.07) is 16.3. The van der Waals surface area contributed by atoms with Crippen LogP contribution in [0.15, 0.2) is 42.5 Å². The van der Waals surface area contributed by atoms with Crippen LogP contribution >= 0.6 is 0 Å². The summed E-state index contributed by atoms with van der Waals surface area (Å²) >= 11 is 0. The second-order valence-corrected chi connectivity index (χ2v) is 8.24. The minimum absolute atomic E-state index is 0.0578. The number of carbonyl (C=O) groups excluding carboxylic acids is 1. The quantitative estimate of drug-likeness (QED) is 0.719. The molecule has 2 aromatic carbocycles. The topological polar surface area (TPSA) is 47.3 Å². The number of hydrogen-bond donors (Lipinski definition) is 0. The van der Waals surface area contributed by atoms with Crippen LogP contribution in [-0.2, 0) is 6.42 Å². The van der Waals surface area contributed by atoms with Gasteiger partial charge in [0, 0.05) is 29.8 Å². The van der Waals surface area contributed by atoms with Gasteiger partial charge in [0.15, 0.2) is 0 Å². The van der Waals surface area contributed by atoms with Crippen molar-refractivity contribution < 1.29 is 4.79 Å².